The predicted molar refractivity (Wildman–Crippen MR) is 94.8 cm³/mol. The largest absolute Gasteiger partial charge is 0.495 e. The minimum atomic E-state index is -1.81. The molecule has 0 heterocycles. The first kappa shape index (κ1) is 18.8. The van der Waals surface area contributed by atoms with Gasteiger partial charge in [0.05, 0.1) is 12.8 Å². The zero-order valence-electron chi connectivity index (χ0n) is 11.5. The molecule has 3 N–H and O–H groups in total. The Morgan fingerprint density at radius 2 is 2.00 bits per heavy atom. The third-order valence-electron chi connectivity index (χ3n) is 2.43. The summed E-state index contributed by atoms with van der Waals surface area (Å²) in [6, 6.07) is 7.14. The van der Waals surface area contributed by atoms with E-state index in [1.807, 2.05) is 6.07 Å². The van der Waals surface area contributed by atoms with Gasteiger partial charge in [0.15, 0.2) is 5.11 Å². The molecule has 0 unspecified atom stereocenters. The van der Waals surface area contributed by atoms with Crippen molar-refractivity contribution in [2.75, 3.05) is 12.4 Å². The van der Waals surface area contributed by atoms with E-state index in [0.717, 1.165) is 6.08 Å². The number of rotatable bonds is 5. The molecule has 0 radical (unpaired) electrons. The first-order valence-electron chi connectivity index (χ1n) is 5.98. The highest BCUT2D eigenvalue weighted by molar-refractivity contribution is 7.80. The van der Waals surface area contributed by atoms with E-state index in [4.69, 9.17) is 51.8 Å². The molecule has 0 aromatic heterocycles. The third-order valence-corrected chi connectivity index (χ3v) is 3.30. The van der Waals surface area contributed by atoms with Crippen LogP contribution in [0.25, 0.3) is 0 Å². The summed E-state index contributed by atoms with van der Waals surface area (Å²) in [5, 5.41) is 8.18. The highest BCUT2D eigenvalue weighted by Crippen LogP contribution is 2.29. The maximum Gasteiger partial charge on any atom is 0.245 e. The van der Waals surface area contributed by atoms with Crippen LogP contribution in [0.1, 0.15) is 0 Å². The zero-order chi connectivity index (χ0) is 16.8. The van der Waals surface area contributed by atoms with Crippen molar-refractivity contribution in [1.82, 2.24) is 10.6 Å². The van der Waals surface area contributed by atoms with Crippen molar-refractivity contribution < 1.29 is 9.53 Å². The lowest BCUT2D eigenvalue weighted by Gasteiger charge is -2.27. The molecule has 0 spiro atoms. The summed E-state index contributed by atoms with van der Waals surface area (Å²) >= 11 is 22.6. The Hall–Kier alpha value is -1.21. The SMILES string of the molecule is C=CC(=O)N[C@@H](NC(=S)Nc1ccccc1OC)C(Cl)(Cl)Cl. The first-order chi connectivity index (χ1) is 10.3. The maximum atomic E-state index is 11.4. The van der Waals surface area contributed by atoms with Gasteiger partial charge in [-0.05, 0) is 30.4 Å². The molecule has 1 aromatic carbocycles. The van der Waals surface area contributed by atoms with Crippen molar-refractivity contribution in [3.8, 4) is 5.75 Å². The number of ether oxygens (including phenoxy) is 1. The Bertz CT molecular complexity index is 564. The van der Waals surface area contributed by atoms with Crippen molar-refractivity contribution in [1.29, 1.82) is 0 Å². The number of anilines is 1. The average molecular weight is 383 g/mol. The number of carbonyl (C=O) groups is 1. The second kappa shape index (κ2) is 8.43. The fourth-order valence-corrected chi connectivity index (χ4v) is 1.99. The molecule has 1 rings (SSSR count). The molecule has 5 nitrogen and oxygen atoms in total. The van der Waals surface area contributed by atoms with Crippen LogP contribution in [0.3, 0.4) is 0 Å². The molecule has 120 valence electrons. The van der Waals surface area contributed by atoms with E-state index in [9.17, 15) is 4.79 Å². The molecule has 0 aliphatic heterocycles. The molecular weight excluding hydrogens is 369 g/mol. The summed E-state index contributed by atoms with van der Waals surface area (Å²) in [6.07, 6.45) is 0.0135. The van der Waals surface area contributed by atoms with E-state index >= 15 is 0 Å². The normalized spacial score (nSPS) is 12.0. The van der Waals surface area contributed by atoms with Gasteiger partial charge in [-0.3, -0.25) is 4.79 Å². The van der Waals surface area contributed by atoms with Gasteiger partial charge in [0, 0.05) is 0 Å². The predicted octanol–water partition coefficient (Wildman–Crippen LogP) is 2.98. The summed E-state index contributed by atoms with van der Waals surface area (Å²) in [6.45, 7) is 3.33. The second-order valence-corrected chi connectivity index (χ2v) is 6.76. The maximum absolute atomic E-state index is 11.4. The number of carbonyl (C=O) groups excluding carboxylic acids is 1. The van der Waals surface area contributed by atoms with Crippen molar-refractivity contribution in [2.45, 2.75) is 9.96 Å². The van der Waals surface area contributed by atoms with Gasteiger partial charge in [0.1, 0.15) is 11.9 Å². The molecule has 0 fully saturated rings. The standard InChI is InChI=1S/C13H14Cl3N3O2S/c1-3-10(20)18-11(13(14,15)16)19-12(22)17-8-6-4-5-7-9(8)21-2/h3-7,11H,1H2,2H3,(H,18,20)(H2,17,19,22)/t11-/m0/s1. The number of halogens is 3. The number of thiocarbonyl (C=S) groups is 1. The highest BCUT2D eigenvalue weighted by Gasteiger charge is 2.34. The summed E-state index contributed by atoms with van der Waals surface area (Å²) in [4.78, 5) is 11.4. The molecule has 0 saturated carbocycles. The van der Waals surface area contributed by atoms with Crippen molar-refractivity contribution in [3.63, 3.8) is 0 Å². The lowest BCUT2D eigenvalue weighted by atomic mass is 10.3. The Morgan fingerprint density at radius 1 is 1.36 bits per heavy atom. The number of hydrogen-bond donors (Lipinski definition) is 3. The Labute approximate surface area is 148 Å². The van der Waals surface area contributed by atoms with Crippen LogP contribution in [0.2, 0.25) is 0 Å². The topological polar surface area (TPSA) is 62.4 Å². The number of amides is 1. The van der Waals surface area contributed by atoms with Gasteiger partial charge >= 0.3 is 0 Å². The summed E-state index contributed by atoms with van der Waals surface area (Å²) < 4.78 is 3.38. The van der Waals surface area contributed by atoms with Gasteiger partial charge in [-0.25, -0.2) is 0 Å². The number of benzene rings is 1. The minimum Gasteiger partial charge on any atom is -0.495 e. The van der Waals surface area contributed by atoms with Crippen LogP contribution in [0, 0.1) is 0 Å². The lowest BCUT2D eigenvalue weighted by molar-refractivity contribution is -0.117. The molecule has 0 aliphatic carbocycles. The smallest absolute Gasteiger partial charge is 0.245 e. The van der Waals surface area contributed by atoms with Crippen molar-refractivity contribution in [2.24, 2.45) is 0 Å². The van der Waals surface area contributed by atoms with Crippen molar-refractivity contribution in [3.05, 3.63) is 36.9 Å². The lowest BCUT2D eigenvalue weighted by Crippen LogP contribution is -2.55. The fourth-order valence-electron chi connectivity index (χ4n) is 1.44. The molecule has 0 bridgehead atoms. The van der Waals surface area contributed by atoms with Crippen LogP contribution in [0.15, 0.2) is 36.9 Å². The summed E-state index contributed by atoms with van der Waals surface area (Å²) in [5.41, 5.74) is 0.626. The first-order valence-corrected chi connectivity index (χ1v) is 7.52. The average Bonchev–Trinajstić information content (AvgIpc) is 2.45. The molecule has 1 aromatic rings. The van der Waals surface area contributed by atoms with Crippen LogP contribution < -0.4 is 20.7 Å². The van der Waals surface area contributed by atoms with Crippen LogP contribution in [-0.2, 0) is 4.79 Å². The second-order valence-electron chi connectivity index (χ2n) is 3.99. The fraction of sp³-hybridized carbons (Fsp3) is 0.231. The van der Waals surface area contributed by atoms with Gasteiger partial charge in [0.2, 0.25) is 9.70 Å². The van der Waals surface area contributed by atoms with E-state index in [2.05, 4.69) is 22.5 Å². The Morgan fingerprint density at radius 3 is 2.55 bits per heavy atom. The van der Waals surface area contributed by atoms with Crippen molar-refractivity contribution >= 4 is 63.7 Å². The van der Waals surface area contributed by atoms with Gasteiger partial charge in [-0.15, -0.1) is 0 Å². The minimum absolute atomic E-state index is 0.144. The van der Waals surface area contributed by atoms with E-state index in [0.29, 0.717) is 11.4 Å². The van der Waals surface area contributed by atoms with Crippen LogP contribution in [0.5, 0.6) is 5.75 Å². The Balaban J connectivity index is 2.79. The molecule has 1 atom stereocenters. The van der Waals surface area contributed by atoms with Gasteiger partial charge in [0.25, 0.3) is 0 Å². The molecule has 0 saturated heterocycles. The van der Waals surface area contributed by atoms with Gasteiger partial charge in [-0.1, -0.05) is 53.5 Å². The van der Waals surface area contributed by atoms with E-state index in [1.165, 1.54) is 7.11 Å². The van der Waals surface area contributed by atoms with Crippen LogP contribution in [0.4, 0.5) is 5.69 Å². The summed E-state index contributed by atoms with van der Waals surface area (Å²) in [7, 11) is 1.53. The molecular formula is C13H14Cl3N3O2S. The van der Waals surface area contributed by atoms with Gasteiger partial charge < -0.3 is 20.7 Å². The van der Waals surface area contributed by atoms with E-state index in [1.54, 1.807) is 18.2 Å². The van der Waals surface area contributed by atoms with Crippen LogP contribution in [-0.4, -0.2) is 28.1 Å². The molecule has 0 aliphatic rings. The number of para-hydroxylation sites is 2. The zero-order valence-corrected chi connectivity index (χ0v) is 14.6. The van der Waals surface area contributed by atoms with Crippen LogP contribution >= 0.6 is 47.0 Å². The number of nitrogens with one attached hydrogen (secondary N) is 3. The number of hydrogen-bond acceptors (Lipinski definition) is 3. The summed E-state index contributed by atoms with van der Waals surface area (Å²) in [5.74, 6) is 0.0797. The quantitative estimate of drug-likeness (QED) is 0.316. The molecule has 22 heavy (non-hydrogen) atoms. The highest BCUT2D eigenvalue weighted by atomic mass is 35.6. The molecule has 9 heteroatoms. The third kappa shape index (κ3) is 5.88. The monoisotopic (exact) mass is 381 g/mol. The van der Waals surface area contributed by atoms with E-state index in [-0.39, 0.29) is 5.11 Å². The Kier molecular flexibility index (Phi) is 7.22. The van der Waals surface area contributed by atoms with E-state index < -0.39 is 15.9 Å². The van der Waals surface area contributed by atoms with Gasteiger partial charge in [-0.2, -0.15) is 0 Å². The molecule has 1 amide bonds. The number of methoxy groups -OCH3 is 1. The number of alkyl halides is 3.